The van der Waals surface area contributed by atoms with Gasteiger partial charge in [0.25, 0.3) is 0 Å². The predicted octanol–water partition coefficient (Wildman–Crippen LogP) is 2.27. The highest BCUT2D eigenvalue weighted by atomic mass is 16.7. The van der Waals surface area contributed by atoms with E-state index in [1.807, 2.05) is 6.92 Å². The minimum absolute atomic E-state index is 0.204. The number of hydrogen-bond donors (Lipinski definition) is 0. The van der Waals surface area contributed by atoms with E-state index < -0.39 is 6.29 Å². The molecule has 0 aromatic carbocycles. The average molecular weight is 216 g/mol. The summed E-state index contributed by atoms with van der Waals surface area (Å²) in [6.45, 7) is 7.13. The van der Waals surface area contributed by atoms with Gasteiger partial charge >= 0.3 is 11.9 Å². The molecule has 0 saturated heterocycles. The first kappa shape index (κ1) is 13.9. The zero-order valence-electron chi connectivity index (χ0n) is 9.91. The first-order chi connectivity index (χ1) is 7.01. The van der Waals surface area contributed by atoms with Crippen molar-refractivity contribution in [1.82, 2.24) is 0 Å². The van der Waals surface area contributed by atoms with E-state index in [4.69, 9.17) is 9.47 Å². The molecule has 4 nitrogen and oxygen atoms in total. The van der Waals surface area contributed by atoms with Crippen LogP contribution in [0.3, 0.4) is 0 Å². The Kier molecular flexibility index (Phi) is 6.75. The van der Waals surface area contributed by atoms with Crippen LogP contribution in [-0.2, 0) is 19.1 Å². The maximum Gasteiger partial charge on any atom is 0.311 e. The molecule has 0 radical (unpaired) electrons. The van der Waals surface area contributed by atoms with Crippen LogP contribution in [0.15, 0.2) is 0 Å². The molecule has 15 heavy (non-hydrogen) atoms. The Morgan fingerprint density at radius 1 is 1.13 bits per heavy atom. The van der Waals surface area contributed by atoms with Gasteiger partial charge in [-0.3, -0.25) is 9.59 Å². The number of carbonyl (C=O) groups excluding carboxylic acids is 2. The quantitative estimate of drug-likeness (QED) is 0.505. The minimum Gasteiger partial charge on any atom is -0.425 e. The molecule has 88 valence electrons. The van der Waals surface area contributed by atoms with Crippen molar-refractivity contribution in [3.8, 4) is 0 Å². The normalized spacial score (nSPS) is 12.3. The molecule has 0 aliphatic carbocycles. The lowest BCUT2D eigenvalue weighted by Gasteiger charge is -2.18. The van der Waals surface area contributed by atoms with Gasteiger partial charge in [-0.2, -0.15) is 0 Å². The Balaban J connectivity index is 4.14. The summed E-state index contributed by atoms with van der Waals surface area (Å²) in [5.74, 6) is -0.882. The standard InChI is InChI=1S/C11H20O4/c1-5-7-10(14-9(12)6-2)15-11(13)8(3)4/h8,10H,5-7H2,1-4H3. The maximum absolute atomic E-state index is 11.3. The molecule has 0 aromatic rings. The predicted molar refractivity (Wildman–Crippen MR) is 56.0 cm³/mol. The summed E-state index contributed by atoms with van der Waals surface area (Å²) in [4.78, 5) is 22.3. The van der Waals surface area contributed by atoms with Gasteiger partial charge in [-0.15, -0.1) is 0 Å². The Labute approximate surface area is 90.9 Å². The second kappa shape index (κ2) is 7.26. The first-order valence-corrected chi connectivity index (χ1v) is 5.41. The van der Waals surface area contributed by atoms with E-state index in [0.29, 0.717) is 12.8 Å². The average Bonchev–Trinajstić information content (AvgIpc) is 2.17. The third kappa shape index (κ3) is 6.10. The van der Waals surface area contributed by atoms with Crippen molar-refractivity contribution in [1.29, 1.82) is 0 Å². The Morgan fingerprint density at radius 3 is 2.13 bits per heavy atom. The second-order valence-electron chi connectivity index (χ2n) is 3.65. The van der Waals surface area contributed by atoms with Gasteiger partial charge in [-0.05, 0) is 6.42 Å². The molecule has 1 atom stereocenters. The van der Waals surface area contributed by atoms with Gasteiger partial charge < -0.3 is 9.47 Å². The second-order valence-corrected chi connectivity index (χ2v) is 3.65. The molecule has 0 saturated carbocycles. The Morgan fingerprint density at radius 2 is 1.73 bits per heavy atom. The monoisotopic (exact) mass is 216 g/mol. The fraction of sp³-hybridized carbons (Fsp3) is 0.818. The molecule has 0 rings (SSSR count). The van der Waals surface area contributed by atoms with Crippen LogP contribution in [0.4, 0.5) is 0 Å². The number of hydrogen-bond acceptors (Lipinski definition) is 4. The number of rotatable bonds is 6. The fourth-order valence-electron chi connectivity index (χ4n) is 0.873. The van der Waals surface area contributed by atoms with Crippen LogP contribution in [0.25, 0.3) is 0 Å². The van der Waals surface area contributed by atoms with Crippen LogP contribution in [0.5, 0.6) is 0 Å². The lowest BCUT2D eigenvalue weighted by Crippen LogP contribution is -2.26. The molecule has 0 aliphatic rings. The van der Waals surface area contributed by atoms with Crippen molar-refractivity contribution in [3.05, 3.63) is 0 Å². The van der Waals surface area contributed by atoms with E-state index in [0.717, 1.165) is 6.42 Å². The van der Waals surface area contributed by atoms with Crippen LogP contribution in [0.1, 0.15) is 47.0 Å². The van der Waals surface area contributed by atoms with Crippen LogP contribution >= 0.6 is 0 Å². The lowest BCUT2D eigenvalue weighted by molar-refractivity contribution is -0.191. The van der Waals surface area contributed by atoms with Crippen molar-refractivity contribution >= 4 is 11.9 Å². The third-order valence-electron chi connectivity index (χ3n) is 1.79. The van der Waals surface area contributed by atoms with Crippen LogP contribution < -0.4 is 0 Å². The van der Waals surface area contributed by atoms with Crippen molar-refractivity contribution in [2.45, 2.75) is 53.2 Å². The van der Waals surface area contributed by atoms with Crippen LogP contribution in [-0.4, -0.2) is 18.2 Å². The topological polar surface area (TPSA) is 52.6 Å². The van der Waals surface area contributed by atoms with Crippen LogP contribution in [0, 0.1) is 5.92 Å². The van der Waals surface area contributed by atoms with Gasteiger partial charge in [-0.1, -0.05) is 27.7 Å². The van der Waals surface area contributed by atoms with Crippen molar-refractivity contribution in [3.63, 3.8) is 0 Å². The molecule has 0 N–H and O–H groups in total. The number of esters is 2. The smallest absolute Gasteiger partial charge is 0.311 e. The van der Waals surface area contributed by atoms with Gasteiger partial charge in [0.1, 0.15) is 0 Å². The molecule has 1 unspecified atom stereocenters. The van der Waals surface area contributed by atoms with Gasteiger partial charge in [0.15, 0.2) is 0 Å². The van der Waals surface area contributed by atoms with Gasteiger partial charge in [0.2, 0.25) is 6.29 Å². The zero-order chi connectivity index (χ0) is 11.8. The van der Waals surface area contributed by atoms with E-state index in [-0.39, 0.29) is 17.9 Å². The van der Waals surface area contributed by atoms with Gasteiger partial charge in [0.05, 0.1) is 5.92 Å². The van der Waals surface area contributed by atoms with E-state index >= 15 is 0 Å². The number of carbonyl (C=O) groups is 2. The summed E-state index contributed by atoms with van der Waals surface area (Å²) in [5.41, 5.74) is 0. The van der Waals surface area contributed by atoms with E-state index in [9.17, 15) is 9.59 Å². The van der Waals surface area contributed by atoms with Crippen molar-refractivity contribution in [2.75, 3.05) is 0 Å². The molecule has 0 amide bonds. The Hall–Kier alpha value is -1.06. The van der Waals surface area contributed by atoms with E-state index in [1.165, 1.54) is 0 Å². The number of ether oxygens (including phenoxy) is 2. The first-order valence-electron chi connectivity index (χ1n) is 5.41. The minimum atomic E-state index is -0.725. The van der Waals surface area contributed by atoms with Crippen molar-refractivity contribution < 1.29 is 19.1 Å². The van der Waals surface area contributed by atoms with Gasteiger partial charge in [0, 0.05) is 12.8 Å². The SMILES string of the molecule is CCCC(OC(=O)CC)OC(=O)C(C)C. The summed E-state index contributed by atoms with van der Waals surface area (Å²) in [6.07, 6.45) is 0.911. The molecule has 0 aliphatic heterocycles. The summed E-state index contributed by atoms with van der Waals surface area (Å²) < 4.78 is 10.0. The summed E-state index contributed by atoms with van der Waals surface area (Å²) in [5, 5.41) is 0. The summed E-state index contributed by atoms with van der Waals surface area (Å²) >= 11 is 0. The van der Waals surface area contributed by atoms with E-state index in [1.54, 1.807) is 20.8 Å². The third-order valence-corrected chi connectivity index (χ3v) is 1.79. The molecule has 0 spiro atoms. The Bertz CT molecular complexity index is 211. The molecule has 4 heteroatoms. The largest absolute Gasteiger partial charge is 0.425 e. The van der Waals surface area contributed by atoms with E-state index in [2.05, 4.69) is 0 Å². The highest BCUT2D eigenvalue weighted by Gasteiger charge is 2.19. The molecular formula is C11H20O4. The maximum atomic E-state index is 11.3. The highest BCUT2D eigenvalue weighted by molar-refractivity contribution is 5.72. The summed E-state index contributed by atoms with van der Waals surface area (Å²) in [7, 11) is 0. The van der Waals surface area contributed by atoms with Crippen LogP contribution in [0.2, 0.25) is 0 Å². The zero-order valence-corrected chi connectivity index (χ0v) is 9.91. The summed E-state index contributed by atoms with van der Waals surface area (Å²) in [6, 6.07) is 0. The van der Waals surface area contributed by atoms with Crippen molar-refractivity contribution in [2.24, 2.45) is 5.92 Å². The molecule has 0 heterocycles. The molecule has 0 aromatic heterocycles. The highest BCUT2D eigenvalue weighted by Crippen LogP contribution is 2.09. The fourth-order valence-corrected chi connectivity index (χ4v) is 0.873. The lowest BCUT2D eigenvalue weighted by atomic mass is 10.2. The van der Waals surface area contributed by atoms with Gasteiger partial charge in [-0.25, -0.2) is 0 Å². The molecule has 0 fully saturated rings. The molecular weight excluding hydrogens is 196 g/mol. The molecule has 0 bridgehead atoms.